The first-order valence-corrected chi connectivity index (χ1v) is 8.41. The van der Waals surface area contributed by atoms with Gasteiger partial charge in [0.1, 0.15) is 5.82 Å². The van der Waals surface area contributed by atoms with Crippen LogP contribution in [0.15, 0.2) is 29.1 Å². The Labute approximate surface area is 146 Å². The number of hydrogen-bond acceptors (Lipinski definition) is 6. The molecule has 2 unspecified atom stereocenters. The summed E-state index contributed by atoms with van der Waals surface area (Å²) in [6.07, 6.45) is 0. The summed E-state index contributed by atoms with van der Waals surface area (Å²) in [6, 6.07) is 7.59. The van der Waals surface area contributed by atoms with Crippen molar-refractivity contribution in [1.82, 2.24) is 31.0 Å². The van der Waals surface area contributed by atoms with Crippen molar-refractivity contribution >= 4 is 16.8 Å². The smallest absolute Gasteiger partial charge is 0.258 e. The van der Waals surface area contributed by atoms with Gasteiger partial charge in [0.05, 0.1) is 30.0 Å². The van der Waals surface area contributed by atoms with Gasteiger partial charge in [-0.05, 0) is 33.0 Å². The van der Waals surface area contributed by atoms with Crippen molar-refractivity contribution in [2.45, 2.75) is 38.5 Å². The Bertz CT molecular complexity index is 810. The predicted molar refractivity (Wildman–Crippen MR) is 95.8 cm³/mol. The second-order valence-electron chi connectivity index (χ2n) is 6.66. The van der Waals surface area contributed by atoms with E-state index in [4.69, 9.17) is 0 Å². The number of aromatic nitrogens is 2. The van der Waals surface area contributed by atoms with Crippen molar-refractivity contribution < 1.29 is 4.79 Å². The molecule has 134 valence electrons. The number of rotatable bonds is 5. The van der Waals surface area contributed by atoms with Gasteiger partial charge in [-0.3, -0.25) is 25.3 Å². The second-order valence-corrected chi connectivity index (χ2v) is 6.66. The van der Waals surface area contributed by atoms with Crippen LogP contribution < -0.4 is 21.7 Å². The highest BCUT2D eigenvalue weighted by Gasteiger charge is 2.30. The zero-order chi connectivity index (χ0) is 18.0. The quantitative estimate of drug-likeness (QED) is 0.595. The van der Waals surface area contributed by atoms with E-state index in [9.17, 15) is 9.59 Å². The standard InChI is InChI=1S/C17H24N6O2/c1-10-16(11(2)22-21-10)20-15(24)9-23(3)8-14-18-13-7-5-4-6-12(13)17(25)19-14/h4-7,10-11,16,21-22H,8-9H2,1-3H3,(H,20,24)(H,18,19,25). The molecule has 4 N–H and O–H groups in total. The van der Waals surface area contributed by atoms with Gasteiger partial charge in [-0.15, -0.1) is 0 Å². The SMILES string of the molecule is CC1NNC(C)C1NC(=O)CN(C)Cc1nc2ccccc2c(=O)[nH]1. The van der Waals surface area contributed by atoms with E-state index in [0.717, 1.165) is 0 Å². The number of H-pyrrole nitrogens is 1. The monoisotopic (exact) mass is 344 g/mol. The molecule has 2 atom stereocenters. The highest BCUT2D eigenvalue weighted by atomic mass is 16.2. The van der Waals surface area contributed by atoms with Crippen LogP contribution in [-0.4, -0.2) is 52.5 Å². The Kier molecular flexibility index (Phi) is 5.12. The normalized spacial score (nSPS) is 23.3. The number of carbonyl (C=O) groups is 1. The lowest BCUT2D eigenvalue weighted by Crippen LogP contribution is -2.49. The van der Waals surface area contributed by atoms with Gasteiger partial charge in [0.15, 0.2) is 0 Å². The van der Waals surface area contributed by atoms with Gasteiger partial charge in [-0.25, -0.2) is 4.98 Å². The summed E-state index contributed by atoms with van der Waals surface area (Å²) in [5.41, 5.74) is 6.72. The van der Waals surface area contributed by atoms with Gasteiger partial charge in [-0.1, -0.05) is 12.1 Å². The fraction of sp³-hybridized carbons (Fsp3) is 0.471. The average Bonchev–Trinajstić information content (AvgIpc) is 2.86. The summed E-state index contributed by atoms with van der Waals surface area (Å²) in [6.45, 7) is 4.66. The zero-order valence-electron chi connectivity index (χ0n) is 14.7. The van der Waals surface area contributed by atoms with Crippen molar-refractivity contribution in [1.29, 1.82) is 0 Å². The van der Waals surface area contributed by atoms with Crippen LogP contribution in [0, 0.1) is 0 Å². The van der Waals surface area contributed by atoms with Crippen LogP contribution in [-0.2, 0) is 11.3 Å². The highest BCUT2D eigenvalue weighted by Crippen LogP contribution is 2.07. The molecular formula is C17H24N6O2. The maximum Gasteiger partial charge on any atom is 0.258 e. The third-order valence-corrected chi connectivity index (χ3v) is 4.44. The molecule has 2 aromatic rings. The number of hydrogen-bond donors (Lipinski definition) is 4. The molecule has 1 amide bonds. The lowest BCUT2D eigenvalue weighted by atomic mass is 10.1. The van der Waals surface area contributed by atoms with Gasteiger partial charge < -0.3 is 10.3 Å². The minimum Gasteiger partial charge on any atom is -0.349 e. The fourth-order valence-electron chi connectivity index (χ4n) is 3.12. The van der Waals surface area contributed by atoms with E-state index in [1.165, 1.54) is 0 Å². The van der Waals surface area contributed by atoms with Crippen LogP contribution in [0.3, 0.4) is 0 Å². The minimum atomic E-state index is -0.163. The van der Waals surface area contributed by atoms with E-state index >= 15 is 0 Å². The number of nitrogens with one attached hydrogen (secondary N) is 4. The van der Waals surface area contributed by atoms with E-state index in [0.29, 0.717) is 23.3 Å². The van der Waals surface area contributed by atoms with Crippen molar-refractivity contribution in [2.75, 3.05) is 13.6 Å². The maximum absolute atomic E-state index is 12.3. The molecule has 0 bridgehead atoms. The highest BCUT2D eigenvalue weighted by molar-refractivity contribution is 5.78. The number of benzene rings is 1. The van der Waals surface area contributed by atoms with Gasteiger partial charge >= 0.3 is 0 Å². The van der Waals surface area contributed by atoms with Crippen LogP contribution in [0.1, 0.15) is 19.7 Å². The first-order chi connectivity index (χ1) is 11.9. The van der Waals surface area contributed by atoms with Gasteiger partial charge in [0.2, 0.25) is 5.91 Å². The molecule has 1 saturated heterocycles. The molecule has 0 aliphatic carbocycles. The third kappa shape index (κ3) is 4.04. The molecule has 2 heterocycles. The van der Waals surface area contributed by atoms with Crippen molar-refractivity contribution in [2.24, 2.45) is 0 Å². The number of amides is 1. The Morgan fingerprint density at radius 3 is 2.64 bits per heavy atom. The lowest BCUT2D eigenvalue weighted by Gasteiger charge is -2.22. The van der Waals surface area contributed by atoms with E-state index in [1.807, 2.05) is 44.0 Å². The Hall–Kier alpha value is -2.29. The zero-order valence-corrected chi connectivity index (χ0v) is 14.7. The van der Waals surface area contributed by atoms with Crippen LogP contribution >= 0.6 is 0 Å². The Morgan fingerprint density at radius 2 is 1.92 bits per heavy atom. The van der Waals surface area contributed by atoms with Gasteiger partial charge in [0.25, 0.3) is 5.56 Å². The molecule has 0 spiro atoms. The summed E-state index contributed by atoms with van der Waals surface area (Å²) in [5, 5.41) is 3.60. The van der Waals surface area contributed by atoms with Crippen molar-refractivity contribution in [3.8, 4) is 0 Å². The van der Waals surface area contributed by atoms with Crippen LogP contribution in [0.5, 0.6) is 0 Å². The van der Waals surface area contributed by atoms with Gasteiger partial charge in [-0.2, -0.15) is 0 Å². The largest absolute Gasteiger partial charge is 0.349 e. The molecule has 1 aromatic carbocycles. The Balaban J connectivity index is 1.61. The topological polar surface area (TPSA) is 102 Å². The second kappa shape index (κ2) is 7.30. The van der Waals surface area contributed by atoms with Crippen LogP contribution in [0.25, 0.3) is 10.9 Å². The first kappa shape index (κ1) is 17.5. The van der Waals surface area contributed by atoms with Crippen molar-refractivity contribution in [3.63, 3.8) is 0 Å². The maximum atomic E-state index is 12.3. The van der Waals surface area contributed by atoms with E-state index in [1.54, 1.807) is 6.07 Å². The first-order valence-electron chi connectivity index (χ1n) is 8.41. The molecule has 25 heavy (non-hydrogen) atoms. The molecular weight excluding hydrogens is 320 g/mol. The summed E-state index contributed by atoms with van der Waals surface area (Å²) >= 11 is 0. The third-order valence-electron chi connectivity index (χ3n) is 4.44. The molecule has 1 fully saturated rings. The van der Waals surface area contributed by atoms with E-state index in [-0.39, 0.29) is 36.1 Å². The number of likely N-dealkylation sites (N-methyl/N-ethyl adjacent to an activating group) is 1. The van der Waals surface area contributed by atoms with E-state index < -0.39 is 0 Å². The van der Waals surface area contributed by atoms with Crippen LogP contribution in [0.4, 0.5) is 0 Å². The minimum absolute atomic E-state index is 0.0412. The van der Waals surface area contributed by atoms with Crippen molar-refractivity contribution in [3.05, 3.63) is 40.4 Å². The number of nitrogens with zero attached hydrogens (tertiary/aromatic N) is 2. The average molecular weight is 344 g/mol. The summed E-state index contributed by atoms with van der Waals surface area (Å²) < 4.78 is 0. The molecule has 1 aliphatic heterocycles. The number of carbonyl (C=O) groups excluding carboxylic acids is 1. The van der Waals surface area contributed by atoms with Crippen LogP contribution in [0.2, 0.25) is 0 Å². The number of aromatic amines is 1. The number of fused-ring (bicyclic) bond motifs is 1. The summed E-state index contributed by atoms with van der Waals surface area (Å²) in [5.74, 6) is 0.491. The summed E-state index contributed by atoms with van der Waals surface area (Å²) in [4.78, 5) is 33.4. The van der Waals surface area contributed by atoms with E-state index in [2.05, 4.69) is 26.1 Å². The molecule has 0 saturated carbocycles. The predicted octanol–water partition coefficient (Wildman–Crippen LogP) is -0.275. The fourth-order valence-corrected chi connectivity index (χ4v) is 3.12. The molecule has 1 aliphatic rings. The molecule has 1 aromatic heterocycles. The lowest BCUT2D eigenvalue weighted by molar-refractivity contribution is -0.122. The molecule has 8 heteroatoms. The number of para-hydroxylation sites is 1. The Morgan fingerprint density at radius 1 is 1.24 bits per heavy atom. The molecule has 0 radical (unpaired) electrons. The molecule has 3 rings (SSSR count). The summed E-state index contributed by atoms with van der Waals surface area (Å²) in [7, 11) is 1.83. The van der Waals surface area contributed by atoms with Gasteiger partial charge in [0, 0.05) is 12.1 Å². The molecule has 8 nitrogen and oxygen atoms in total. The number of hydrazine groups is 1.